The highest BCUT2D eigenvalue weighted by Gasteiger charge is 2.20. The number of nitrogens with one attached hydrogen (secondary N) is 1. The Morgan fingerprint density at radius 2 is 1.25 bits per heavy atom. The summed E-state index contributed by atoms with van der Waals surface area (Å²) in [4.78, 5) is 24.7. The van der Waals surface area contributed by atoms with Gasteiger partial charge in [-0.05, 0) is 65.0 Å². The number of nitrogens with zero attached hydrogens (tertiary/aromatic N) is 1. The van der Waals surface area contributed by atoms with Gasteiger partial charge in [0.25, 0.3) is 0 Å². The van der Waals surface area contributed by atoms with Crippen molar-refractivity contribution in [1.82, 2.24) is 10.2 Å². The van der Waals surface area contributed by atoms with Crippen LogP contribution in [-0.2, 0) is 18.9 Å². The molecule has 2 aromatic rings. The van der Waals surface area contributed by atoms with Crippen LogP contribution >= 0.6 is 0 Å². The molecule has 2 aromatic carbocycles. The van der Waals surface area contributed by atoms with E-state index in [-0.39, 0.29) is 49.3 Å². The van der Waals surface area contributed by atoms with Gasteiger partial charge in [-0.2, -0.15) is 0 Å². The predicted octanol–water partition coefficient (Wildman–Crippen LogP) is 9.25. The standard InChI is InChI=1S/C19H30FNO4.C18H27F2NO4.C2H6/c1-14(2)16-8-7-15(20)13-17(16)24-12-11-23-10-9-21(6)18(22)25-19(3,4)5;1-12(2)16-14(20)10-13(19)11-15(16)24-9-8-23-7-6-21-17(22)25-18(3,4)5;1-2/h7-8,13-14H,9-12H2,1-6H3;10-12H,6-9H2,1-5H3,(H,21,22);1-2H3. The highest BCUT2D eigenvalue weighted by Crippen LogP contribution is 2.30. The van der Waals surface area contributed by atoms with Crippen LogP contribution in [0.1, 0.15) is 106 Å². The number of benzene rings is 2. The van der Waals surface area contributed by atoms with Crippen molar-refractivity contribution in [2.24, 2.45) is 0 Å². The van der Waals surface area contributed by atoms with Crippen molar-refractivity contribution < 1.29 is 51.2 Å². The van der Waals surface area contributed by atoms with E-state index in [1.54, 1.807) is 33.9 Å². The van der Waals surface area contributed by atoms with Crippen molar-refractivity contribution in [1.29, 1.82) is 0 Å². The average molecular weight is 745 g/mol. The van der Waals surface area contributed by atoms with E-state index < -0.39 is 28.9 Å². The number of ether oxygens (including phenoxy) is 6. The summed E-state index contributed by atoms with van der Waals surface area (Å²) in [5.74, 6) is -0.771. The second-order valence-corrected chi connectivity index (χ2v) is 14.0. The van der Waals surface area contributed by atoms with Gasteiger partial charge in [-0.25, -0.2) is 22.8 Å². The minimum atomic E-state index is -0.681. The van der Waals surface area contributed by atoms with Gasteiger partial charge >= 0.3 is 12.2 Å². The molecule has 0 radical (unpaired) electrons. The molecule has 0 aliphatic carbocycles. The molecule has 10 nitrogen and oxygen atoms in total. The molecule has 0 fully saturated rings. The van der Waals surface area contributed by atoms with Gasteiger partial charge in [0.15, 0.2) is 0 Å². The van der Waals surface area contributed by atoms with Gasteiger partial charge in [0.2, 0.25) is 0 Å². The number of carbonyl (C=O) groups excluding carboxylic acids is 2. The molecular weight excluding hydrogens is 681 g/mol. The van der Waals surface area contributed by atoms with Crippen LogP contribution in [0.25, 0.3) is 0 Å². The topological polar surface area (TPSA) is 105 Å². The highest BCUT2D eigenvalue weighted by atomic mass is 19.1. The Balaban J connectivity index is 0.000000955. The molecule has 0 aromatic heterocycles. The number of likely N-dealkylation sites (N-methyl/N-ethyl adjacent to an activating group) is 1. The zero-order valence-electron chi connectivity index (χ0n) is 33.5. The number of halogens is 3. The van der Waals surface area contributed by atoms with Crippen molar-refractivity contribution >= 4 is 12.2 Å². The predicted molar refractivity (Wildman–Crippen MR) is 198 cm³/mol. The third-order valence-electron chi connectivity index (χ3n) is 6.39. The maximum Gasteiger partial charge on any atom is 0.410 e. The molecule has 0 spiro atoms. The Bertz CT molecular complexity index is 1330. The van der Waals surface area contributed by atoms with Gasteiger partial charge in [0.1, 0.15) is 53.4 Å². The Morgan fingerprint density at radius 3 is 1.79 bits per heavy atom. The molecule has 0 bridgehead atoms. The molecule has 0 aliphatic heterocycles. The molecule has 2 amide bonds. The lowest BCUT2D eigenvalue weighted by molar-refractivity contribution is 0.0216. The lowest BCUT2D eigenvalue weighted by Gasteiger charge is -2.24. The molecule has 2 rings (SSSR count). The quantitative estimate of drug-likeness (QED) is 0.170. The first-order chi connectivity index (χ1) is 24.2. The molecule has 0 heterocycles. The van der Waals surface area contributed by atoms with Crippen molar-refractivity contribution in [3.63, 3.8) is 0 Å². The van der Waals surface area contributed by atoms with Crippen LogP contribution in [0.15, 0.2) is 30.3 Å². The molecule has 0 saturated carbocycles. The summed E-state index contributed by atoms with van der Waals surface area (Å²) in [5, 5.41) is 2.56. The first-order valence-electron chi connectivity index (χ1n) is 17.8. The number of alkyl carbamates (subject to hydrolysis) is 1. The Morgan fingerprint density at radius 1 is 0.712 bits per heavy atom. The minimum Gasteiger partial charge on any atom is -0.491 e. The van der Waals surface area contributed by atoms with Crippen molar-refractivity contribution in [3.05, 3.63) is 58.9 Å². The highest BCUT2D eigenvalue weighted by molar-refractivity contribution is 5.68. The SMILES string of the molecule is CC.CC(C)c1c(F)cc(F)cc1OCCOCCNC(=O)OC(C)(C)C.CC(C)c1ccc(F)cc1OCCOCCN(C)C(=O)OC(C)(C)C. The van der Waals surface area contributed by atoms with E-state index in [9.17, 15) is 22.8 Å². The fourth-order valence-electron chi connectivity index (χ4n) is 4.15. The van der Waals surface area contributed by atoms with Crippen molar-refractivity contribution in [2.75, 3.05) is 59.8 Å². The van der Waals surface area contributed by atoms with E-state index in [0.29, 0.717) is 44.2 Å². The van der Waals surface area contributed by atoms with Crippen molar-refractivity contribution in [3.8, 4) is 11.5 Å². The Kier molecular flexibility index (Phi) is 22.8. The first kappa shape index (κ1) is 48.3. The normalized spacial score (nSPS) is 11.2. The Hall–Kier alpha value is -3.71. The van der Waals surface area contributed by atoms with E-state index >= 15 is 0 Å². The van der Waals surface area contributed by atoms with E-state index in [2.05, 4.69) is 5.32 Å². The Labute approximate surface area is 309 Å². The summed E-state index contributed by atoms with van der Waals surface area (Å²) in [6, 6.07) is 6.59. The van der Waals surface area contributed by atoms with Crippen LogP contribution < -0.4 is 14.8 Å². The third kappa shape index (κ3) is 21.6. The van der Waals surface area contributed by atoms with Crippen molar-refractivity contribution in [2.45, 2.75) is 106 Å². The molecule has 0 atom stereocenters. The number of rotatable bonds is 16. The van der Waals surface area contributed by atoms with Crippen LogP contribution in [0.5, 0.6) is 11.5 Å². The van der Waals surface area contributed by atoms with Crippen LogP contribution in [0.2, 0.25) is 0 Å². The molecule has 0 unspecified atom stereocenters. The number of carbonyl (C=O) groups is 2. The lowest BCUT2D eigenvalue weighted by Crippen LogP contribution is -2.36. The van der Waals surface area contributed by atoms with Gasteiger partial charge in [0, 0.05) is 43.9 Å². The number of hydrogen-bond acceptors (Lipinski definition) is 8. The fraction of sp³-hybridized carbons (Fsp3) is 0.641. The van der Waals surface area contributed by atoms with E-state index in [0.717, 1.165) is 11.6 Å². The van der Waals surface area contributed by atoms with E-state index in [1.165, 1.54) is 23.1 Å². The largest absolute Gasteiger partial charge is 0.491 e. The summed E-state index contributed by atoms with van der Waals surface area (Å²) in [5.41, 5.74) is 0.241. The molecule has 52 heavy (non-hydrogen) atoms. The summed E-state index contributed by atoms with van der Waals surface area (Å²) < 4.78 is 72.7. The molecule has 1 N–H and O–H groups in total. The van der Waals surface area contributed by atoms with Gasteiger partial charge in [-0.1, -0.05) is 47.6 Å². The third-order valence-corrected chi connectivity index (χ3v) is 6.39. The van der Waals surface area contributed by atoms with Gasteiger partial charge in [0.05, 0.1) is 26.4 Å². The lowest BCUT2D eigenvalue weighted by atomic mass is 10.0. The zero-order valence-corrected chi connectivity index (χ0v) is 33.5. The zero-order chi connectivity index (χ0) is 40.1. The summed E-state index contributed by atoms with van der Waals surface area (Å²) in [6.45, 7) is 24.9. The van der Waals surface area contributed by atoms with Crippen LogP contribution in [0, 0.1) is 17.5 Å². The maximum atomic E-state index is 13.8. The summed E-state index contributed by atoms with van der Waals surface area (Å²) in [6.07, 6.45) is -0.891. The molecule has 0 saturated heterocycles. The van der Waals surface area contributed by atoms with E-state index in [1.807, 2.05) is 62.3 Å². The number of hydrogen-bond donors (Lipinski definition) is 1. The molecule has 13 heteroatoms. The van der Waals surface area contributed by atoms with Crippen LogP contribution in [0.3, 0.4) is 0 Å². The van der Waals surface area contributed by atoms with Crippen LogP contribution in [0.4, 0.5) is 22.8 Å². The van der Waals surface area contributed by atoms with Gasteiger partial charge in [-0.15, -0.1) is 0 Å². The molecule has 298 valence electrons. The monoisotopic (exact) mass is 744 g/mol. The van der Waals surface area contributed by atoms with Crippen LogP contribution in [-0.4, -0.2) is 88.1 Å². The first-order valence-corrected chi connectivity index (χ1v) is 17.8. The summed E-state index contributed by atoms with van der Waals surface area (Å²) in [7, 11) is 1.66. The number of amides is 2. The fourth-order valence-corrected chi connectivity index (χ4v) is 4.15. The molecule has 0 aliphatic rings. The van der Waals surface area contributed by atoms with Gasteiger partial charge in [-0.3, -0.25) is 0 Å². The van der Waals surface area contributed by atoms with E-state index in [4.69, 9.17) is 28.4 Å². The smallest absolute Gasteiger partial charge is 0.410 e. The second-order valence-electron chi connectivity index (χ2n) is 14.0. The second kappa shape index (κ2) is 24.5. The molecular formula is C39H63F3N2O8. The summed E-state index contributed by atoms with van der Waals surface area (Å²) >= 11 is 0. The van der Waals surface area contributed by atoms with Gasteiger partial charge < -0.3 is 38.6 Å². The average Bonchev–Trinajstić information content (AvgIpc) is 3.01. The minimum absolute atomic E-state index is 0.130. The maximum absolute atomic E-state index is 13.8.